The Morgan fingerprint density at radius 3 is 2.48 bits per heavy atom. The number of sulfonamides is 1. The van der Waals surface area contributed by atoms with Crippen LogP contribution < -0.4 is 10.5 Å². The first-order valence-electron chi connectivity index (χ1n) is 6.86. The number of hydrogen-bond acceptors (Lipinski definition) is 3. The normalized spacial score (nSPS) is 18.2. The van der Waals surface area contributed by atoms with Gasteiger partial charge in [-0.1, -0.05) is 26.2 Å². The van der Waals surface area contributed by atoms with Crippen LogP contribution in [-0.4, -0.2) is 14.3 Å². The van der Waals surface area contributed by atoms with E-state index < -0.39 is 21.3 Å². The van der Waals surface area contributed by atoms with Gasteiger partial charge in [0.25, 0.3) is 0 Å². The third-order valence-electron chi connectivity index (χ3n) is 4.02. The average molecular weight is 314 g/mol. The summed E-state index contributed by atoms with van der Waals surface area (Å²) < 4.78 is 36.3. The quantitative estimate of drug-likeness (QED) is 0.897. The van der Waals surface area contributed by atoms with E-state index in [2.05, 4.69) is 5.32 Å². The monoisotopic (exact) mass is 314 g/mol. The predicted octanol–water partition coefficient (Wildman–Crippen LogP) is 2.38. The summed E-state index contributed by atoms with van der Waals surface area (Å²) in [6.45, 7) is 1.85. The molecule has 21 heavy (non-hydrogen) atoms. The molecule has 0 saturated heterocycles. The van der Waals surface area contributed by atoms with Gasteiger partial charge in [0.05, 0.1) is 10.6 Å². The summed E-state index contributed by atoms with van der Waals surface area (Å²) in [6, 6.07) is 3.11. The third kappa shape index (κ3) is 3.59. The Balaban J connectivity index is 2.24. The van der Waals surface area contributed by atoms with Crippen molar-refractivity contribution >= 4 is 21.6 Å². The molecule has 0 aliphatic heterocycles. The Kier molecular flexibility index (Phi) is 4.34. The van der Waals surface area contributed by atoms with Crippen molar-refractivity contribution in [3.63, 3.8) is 0 Å². The molecule has 1 aliphatic carbocycles. The number of amides is 1. The van der Waals surface area contributed by atoms with Crippen LogP contribution in [-0.2, 0) is 14.8 Å². The Bertz CT molecular complexity index is 652. The van der Waals surface area contributed by atoms with Crippen LogP contribution in [0.1, 0.15) is 39.0 Å². The van der Waals surface area contributed by atoms with E-state index in [9.17, 15) is 17.6 Å². The molecular formula is C14H19FN2O3S. The summed E-state index contributed by atoms with van der Waals surface area (Å²) in [5.41, 5.74) is -0.694. The van der Waals surface area contributed by atoms with Crippen LogP contribution in [0.3, 0.4) is 0 Å². The fraction of sp³-hybridized carbons (Fsp3) is 0.500. The highest BCUT2D eigenvalue weighted by molar-refractivity contribution is 7.89. The van der Waals surface area contributed by atoms with Gasteiger partial charge in [-0.2, -0.15) is 0 Å². The largest absolute Gasteiger partial charge is 0.323 e. The van der Waals surface area contributed by atoms with Crippen LogP contribution >= 0.6 is 0 Å². The lowest BCUT2D eigenvalue weighted by atomic mass is 9.75. The third-order valence-corrected chi connectivity index (χ3v) is 4.93. The summed E-state index contributed by atoms with van der Waals surface area (Å²) in [4.78, 5) is 12.1. The number of anilines is 1. The molecular weight excluding hydrogens is 295 g/mol. The number of carbonyl (C=O) groups is 1. The van der Waals surface area contributed by atoms with Crippen molar-refractivity contribution in [1.29, 1.82) is 0 Å². The minimum Gasteiger partial charge on any atom is -0.323 e. The maximum atomic E-state index is 13.8. The highest BCUT2D eigenvalue weighted by Crippen LogP contribution is 2.37. The highest BCUT2D eigenvalue weighted by Gasteiger charge is 2.34. The van der Waals surface area contributed by atoms with E-state index in [1.807, 2.05) is 6.92 Å². The van der Waals surface area contributed by atoms with E-state index in [1.54, 1.807) is 0 Å². The molecule has 1 saturated carbocycles. The lowest BCUT2D eigenvalue weighted by Gasteiger charge is -2.32. The van der Waals surface area contributed by atoms with Gasteiger partial charge in [-0.05, 0) is 31.0 Å². The zero-order valence-corrected chi connectivity index (χ0v) is 12.7. The van der Waals surface area contributed by atoms with Crippen LogP contribution in [0.25, 0.3) is 0 Å². The SMILES string of the molecule is CC1(C(=O)Nc2cc(S(N)(=O)=O)ccc2F)CCCCC1. The van der Waals surface area contributed by atoms with Gasteiger partial charge in [0.1, 0.15) is 5.82 Å². The standard InChI is InChI=1S/C14H19FN2O3S/c1-14(7-3-2-4-8-14)13(18)17-12-9-10(21(16,19)20)5-6-11(12)15/h5-6,9H,2-4,7-8H2,1H3,(H,17,18)(H2,16,19,20). The van der Waals surface area contributed by atoms with E-state index in [1.165, 1.54) is 0 Å². The first kappa shape index (κ1) is 15.9. The molecule has 1 aromatic carbocycles. The Morgan fingerprint density at radius 2 is 1.90 bits per heavy atom. The minimum atomic E-state index is -3.94. The summed E-state index contributed by atoms with van der Waals surface area (Å²) in [5.74, 6) is -0.970. The molecule has 0 unspecified atom stereocenters. The Hall–Kier alpha value is -1.47. The molecule has 0 bridgehead atoms. The van der Waals surface area contributed by atoms with Crippen molar-refractivity contribution in [2.24, 2.45) is 10.6 Å². The van der Waals surface area contributed by atoms with Gasteiger partial charge in [-0.3, -0.25) is 4.79 Å². The number of carbonyl (C=O) groups excluding carboxylic acids is 1. The molecule has 1 amide bonds. The smallest absolute Gasteiger partial charge is 0.238 e. The van der Waals surface area contributed by atoms with Crippen molar-refractivity contribution in [3.05, 3.63) is 24.0 Å². The number of benzene rings is 1. The highest BCUT2D eigenvalue weighted by atomic mass is 32.2. The van der Waals surface area contributed by atoms with Crippen LogP contribution in [0.4, 0.5) is 10.1 Å². The molecule has 1 fully saturated rings. The van der Waals surface area contributed by atoms with Crippen molar-refractivity contribution < 1.29 is 17.6 Å². The van der Waals surface area contributed by atoms with Crippen LogP contribution in [0.2, 0.25) is 0 Å². The molecule has 7 heteroatoms. The zero-order chi connectivity index (χ0) is 15.7. The Morgan fingerprint density at radius 1 is 1.29 bits per heavy atom. The molecule has 1 aromatic rings. The van der Waals surface area contributed by atoms with Gasteiger partial charge >= 0.3 is 0 Å². The number of primary sulfonamides is 1. The summed E-state index contributed by atoms with van der Waals surface area (Å²) in [7, 11) is -3.94. The number of nitrogens with two attached hydrogens (primary N) is 1. The number of hydrogen-bond donors (Lipinski definition) is 2. The van der Waals surface area contributed by atoms with E-state index in [4.69, 9.17) is 5.14 Å². The van der Waals surface area contributed by atoms with Gasteiger partial charge in [0.15, 0.2) is 0 Å². The van der Waals surface area contributed by atoms with E-state index >= 15 is 0 Å². The average Bonchev–Trinajstić information content (AvgIpc) is 2.40. The van der Waals surface area contributed by atoms with Crippen LogP contribution in [0.5, 0.6) is 0 Å². The van der Waals surface area contributed by atoms with E-state index in [-0.39, 0.29) is 16.5 Å². The molecule has 0 spiro atoms. The lowest BCUT2D eigenvalue weighted by molar-refractivity contribution is -0.126. The minimum absolute atomic E-state index is 0.154. The fourth-order valence-electron chi connectivity index (χ4n) is 2.61. The number of halogens is 1. The molecule has 2 rings (SSSR count). The molecule has 1 aliphatic rings. The summed E-state index contributed by atoms with van der Waals surface area (Å²) in [6.07, 6.45) is 4.51. The molecule has 0 radical (unpaired) electrons. The van der Waals surface area contributed by atoms with Gasteiger partial charge in [-0.15, -0.1) is 0 Å². The van der Waals surface area contributed by atoms with Crippen molar-refractivity contribution in [1.82, 2.24) is 0 Å². The molecule has 3 N–H and O–H groups in total. The first-order chi connectivity index (χ1) is 9.72. The van der Waals surface area contributed by atoms with Gasteiger partial charge in [0, 0.05) is 5.41 Å². The summed E-state index contributed by atoms with van der Waals surface area (Å²) >= 11 is 0. The fourth-order valence-corrected chi connectivity index (χ4v) is 3.15. The van der Waals surface area contributed by atoms with Crippen molar-refractivity contribution in [2.45, 2.75) is 43.9 Å². The first-order valence-corrected chi connectivity index (χ1v) is 8.41. The van der Waals surface area contributed by atoms with Crippen LogP contribution in [0, 0.1) is 11.2 Å². The second-order valence-corrected chi connectivity index (χ2v) is 7.32. The van der Waals surface area contributed by atoms with Gasteiger partial charge in [0.2, 0.25) is 15.9 Å². The van der Waals surface area contributed by atoms with E-state index in [0.717, 1.165) is 50.3 Å². The summed E-state index contributed by atoms with van der Waals surface area (Å²) in [5, 5.41) is 7.51. The van der Waals surface area contributed by atoms with Gasteiger partial charge in [-0.25, -0.2) is 17.9 Å². The molecule has 5 nitrogen and oxygen atoms in total. The number of nitrogens with one attached hydrogen (secondary N) is 1. The predicted molar refractivity (Wildman–Crippen MR) is 77.6 cm³/mol. The maximum absolute atomic E-state index is 13.8. The molecule has 0 atom stereocenters. The molecule has 116 valence electrons. The Labute approximate surface area is 123 Å². The molecule has 0 aromatic heterocycles. The van der Waals surface area contributed by atoms with Crippen LogP contribution in [0.15, 0.2) is 23.1 Å². The maximum Gasteiger partial charge on any atom is 0.238 e. The number of rotatable bonds is 3. The second-order valence-electron chi connectivity index (χ2n) is 5.76. The molecule has 0 heterocycles. The lowest BCUT2D eigenvalue weighted by Crippen LogP contribution is -2.35. The topological polar surface area (TPSA) is 89.3 Å². The van der Waals surface area contributed by atoms with Crippen molar-refractivity contribution in [3.8, 4) is 0 Å². The van der Waals surface area contributed by atoms with E-state index in [0.29, 0.717) is 0 Å². The van der Waals surface area contributed by atoms with Gasteiger partial charge < -0.3 is 5.32 Å². The second kappa shape index (κ2) is 5.73. The van der Waals surface area contributed by atoms with Crippen molar-refractivity contribution in [2.75, 3.05) is 5.32 Å². The zero-order valence-electron chi connectivity index (χ0n) is 11.9.